The second-order valence-corrected chi connectivity index (χ2v) is 7.33. The van der Waals surface area contributed by atoms with Crippen LogP contribution in [0.1, 0.15) is 50.0 Å². The molecule has 2 heterocycles. The summed E-state index contributed by atoms with van der Waals surface area (Å²) in [6, 6.07) is 2.19. The van der Waals surface area contributed by atoms with E-state index >= 15 is 0 Å². The minimum absolute atomic E-state index is 0.0763. The zero-order valence-electron chi connectivity index (χ0n) is 12.7. The third kappa shape index (κ3) is 3.35. The number of nitrogens with zero attached hydrogens (tertiary/aromatic N) is 1. The van der Waals surface area contributed by atoms with Crippen molar-refractivity contribution in [3.05, 3.63) is 22.4 Å². The largest absolute Gasteiger partial charge is 0.481 e. The molecule has 4 nitrogen and oxygen atoms in total. The van der Waals surface area contributed by atoms with Crippen LogP contribution in [0, 0.1) is 11.8 Å². The SMILES string of the molecule is O=C(O)C1CCCC(C(=O)N2CCC(c3ccsc3)CC2)C1. The van der Waals surface area contributed by atoms with Gasteiger partial charge in [0.15, 0.2) is 0 Å². The van der Waals surface area contributed by atoms with E-state index in [1.165, 1.54) is 5.56 Å². The van der Waals surface area contributed by atoms with Crippen LogP contribution in [0.2, 0.25) is 0 Å². The lowest BCUT2D eigenvalue weighted by atomic mass is 9.80. The Hall–Kier alpha value is -1.36. The van der Waals surface area contributed by atoms with E-state index in [-0.39, 0.29) is 17.7 Å². The maximum Gasteiger partial charge on any atom is 0.306 e. The van der Waals surface area contributed by atoms with Gasteiger partial charge in [0.25, 0.3) is 0 Å². The van der Waals surface area contributed by atoms with Crippen molar-refractivity contribution < 1.29 is 14.7 Å². The fourth-order valence-corrected chi connectivity index (χ4v) is 4.58. The van der Waals surface area contributed by atoms with Crippen LogP contribution < -0.4 is 0 Å². The minimum atomic E-state index is -0.742. The van der Waals surface area contributed by atoms with Crippen molar-refractivity contribution >= 4 is 23.2 Å². The van der Waals surface area contributed by atoms with Gasteiger partial charge in [-0.15, -0.1) is 0 Å². The maximum absolute atomic E-state index is 12.6. The molecule has 2 aliphatic rings. The lowest BCUT2D eigenvalue weighted by Gasteiger charge is -2.36. The van der Waals surface area contributed by atoms with E-state index in [0.717, 1.165) is 45.2 Å². The molecule has 1 aromatic heterocycles. The number of piperidine rings is 1. The molecule has 2 unspecified atom stereocenters. The highest BCUT2D eigenvalue weighted by molar-refractivity contribution is 7.07. The van der Waals surface area contributed by atoms with Crippen LogP contribution in [0.25, 0.3) is 0 Å². The summed E-state index contributed by atoms with van der Waals surface area (Å²) >= 11 is 1.73. The van der Waals surface area contributed by atoms with Gasteiger partial charge in [0.1, 0.15) is 0 Å². The maximum atomic E-state index is 12.6. The van der Waals surface area contributed by atoms with Gasteiger partial charge < -0.3 is 10.0 Å². The summed E-state index contributed by atoms with van der Waals surface area (Å²) in [5, 5.41) is 13.5. The van der Waals surface area contributed by atoms with Gasteiger partial charge in [-0.05, 0) is 60.4 Å². The van der Waals surface area contributed by atoms with E-state index in [2.05, 4.69) is 16.8 Å². The molecule has 0 aromatic carbocycles. The third-order valence-electron chi connectivity index (χ3n) is 5.19. The van der Waals surface area contributed by atoms with Crippen molar-refractivity contribution in [1.29, 1.82) is 0 Å². The highest BCUT2D eigenvalue weighted by Gasteiger charge is 2.34. The van der Waals surface area contributed by atoms with Crippen LogP contribution in [-0.2, 0) is 9.59 Å². The Morgan fingerprint density at radius 3 is 2.50 bits per heavy atom. The Kier molecular flexibility index (Phi) is 4.81. The van der Waals surface area contributed by atoms with Crippen molar-refractivity contribution in [1.82, 2.24) is 4.90 Å². The zero-order chi connectivity index (χ0) is 15.5. The Bertz CT molecular complexity index is 520. The van der Waals surface area contributed by atoms with Crippen LogP contribution >= 0.6 is 11.3 Å². The molecule has 1 aliphatic carbocycles. The van der Waals surface area contributed by atoms with E-state index < -0.39 is 5.97 Å². The van der Waals surface area contributed by atoms with Crippen LogP contribution in [-0.4, -0.2) is 35.0 Å². The molecule has 0 spiro atoms. The van der Waals surface area contributed by atoms with Gasteiger partial charge in [-0.1, -0.05) is 6.42 Å². The molecule has 22 heavy (non-hydrogen) atoms. The second-order valence-electron chi connectivity index (χ2n) is 6.55. The molecular weight excluding hydrogens is 298 g/mol. The molecule has 0 radical (unpaired) electrons. The Morgan fingerprint density at radius 2 is 1.86 bits per heavy atom. The van der Waals surface area contributed by atoms with Crippen molar-refractivity contribution in [2.75, 3.05) is 13.1 Å². The second kappa shape index (κ2) is 6.82. The Labute approximate surface area is 135 Å². The predicted octanol–water partition coefficient (Wildman–Crippen LogP) is 3.35. The molecule has 0 bridgehead atoms. The number of carbonyl (C=O) groups excluding carboxylic acids is 1. The number of aliphatic carboxylic acids is 1. The molecule has 3 rings (SSSR count). The average molecular weight is 321 g/mol. The average Bonchev–Trinajstić information content (AvgIpc) is 3.09. The van der Waals surface area contributed by atoms with E-state index in [0.29, 0.717) is 12.3 Å². The monoisotopic (exact) mass is 321 g/mol. The first-order valence-electron chi connectivity index (χ1n) is 8.19. The normalized spacial score (nSPS) is 26.8. The van der Waals surface area contributed by atoms with Crippen molar-refractivity contribution in [2.24, 2.45) is 11.8 Å². The van der Waals surface area contributed by atoms with Crippen LogP contribution in [0.5, 0.6) is 0 Å². The molecule has 1 saturated carbocycles. The number of amides is 1. The summed E-state index contributed by atoms with van der Waals surface area (Å²) in [4.78, 5) is 25.8. The molecule has 2 fully saturated rings. The first-order valence-corrected chi connectivity index (χ1v) is 9.13. The standard InChI is InChI=1S/C17H23NO3S/c19-16(13-2-1-3-14(10-13)17(20)21)18-7-4-12(5-8-18)15-6-9-22-11-15/h6,9,11-14H,1-5,7-8,10H2,(H,20,21). The number of thiophene rings is 1. The summed E-state index contributed by atoms with van der Waals surface area (Å²) in [7, 11) is 0. The smallest absolute Gasteiger partial charge is 0.306 e. The van der Waals surface area contributed by atoms with Gasteiger partial charge in [-0.3, -0.25) is 9.59 Å². The topological polar surface area (TPSA) is 57.6 Å². The van der Waals surface area contributed by atoms with Gasteiger partial charge >= 0.3 is 5.97 Å². The van der Waals surface area contributed by atoms with E-state index in [9.17, 15) is 9.59 Å². The number of hydrogen-bond donors (Lipinski definition) is 1. The van der Waals surface area contributed by atoms with Crippen molar-refractivity contribution in [3.63, 3.8) is 0 Å². The van der Waals surface area contributed by atoms with Gasteiger partial charge in [0, 0.05) is 19.0 Å². The molecule has 1 saturated heterocycles. The molecule has 1 aromatic rings. The first-order chi connectivity index (χ1) is 10.6. The van der Waals surface area contributed by atoms with Crippen molar-refractivity contribution in [3.8, 4) is 0 Å². The number of carboxylic acid groups (broad SMARTS) is 1. The summed E-state index contributed by atoms with van der Waals surface area (Å²) in [6.07, 6.45) is 5.01. The molecule has 1 aliphatic heterocycles. The minimum Gasteiger partial charge on any atom is -0.481 e. The lowest BCUT2D eigenvalue weighted by molar-refractivity contribution is -0.145. The lowest BCUT2D eigenvalue weighted by Crippen LogP contribution is -2.43. The number of carbonyl (C=O) groups is 2. The molecule has 1 amide bonds. The number of likely N-dealkylation sites (tertiary alicyclic amines) is 1. The van der Waals surface area contributed by atoms with Gasteiger partial charge in [0.05, 0.1) is 5.92 Å². The molecule has 2 atom stereocenters. The number of carboxylic acids is 1. The Morgan fingerprint density at radius 1 is 1.14 bits per heavy atom. The van der Waals surface area contributed by atoms with E-state index in [1.54, 1.807) is 11.3 Å². The zero-order valence-corrected chi connectivity index (χ0v) is 13.6. The van der Waals surface area contributed by atoms with Gasteiger partial charge in [-0.25, -0.2) is 0 Å². The first kappa shape index (κ1) is 15.5. The van der Waals surface area contributed by atoms with Gasteiger partial charge in [0.2, 0.25) is 5.91 Å². The van der Waals surface area contributed by atoms with E-state index in [1.807, 2.05) is 4.90 Å². The van der Waals surface area contributed by atoms with Crippen LogP contribution in [0.15, 0.2) is 16.8 Å². The molecule has 1 N–H and O–H groups in total. The molecule has 120 valence electrons. The van der Waals surface area contributed by atoms with Gasteiger partial charge in [-0.2, -0.15) is 11.3 Å². The van der Waals surface area contributed by atoms with Crippen LogP contribution in [0.4, 0.5) is 0 Å². The fraction of sp³-hybridized carbons (Fsp3) is 0.647. The summed E-state index contributed by atoms with van der Waals surface area (Å²) < 4.78 is 0. The summed E-state index contributed by atoms with van der Waals surface area (Å²) in [5.41, 5.74) is 1.40. The van der Waals surface area contributed by atoms with E-state index in [4.69, 9.17) is 5.11 Å². The number of hydrogen-bond acceptors (Lipinski definition) is 3. The predicted molar refractivity (Wildman–Crippen MR) is 86.0 cm³/mol. The Balaban J connectivity index is 1.54. The third-order valence-corrected chi connectivity index (χ3v) is 5.90. The molecule has 5 heteroatoms. The highest BCUT2D eigenvalue weighted by Crippen LogP contribution is 2.33. The summed E-state index contributed by atoms with van der Waals surface area (Å²) in [6.45, 7) is 1.63. The quantitative estimate of drug-likeness (QED) is 0.929. The van der Waals surface area contributed by atoms with Crippen molar-refractivity contribution in [2.45, 2.75) is 44.4 Å². The van der Waals surface area contributed by atoms with Crippen LogP contribution in [0.3, 0.4) is 0 Å². The fourth-order valence-electron chi connectivity index (χ4n) is 3.84. The summed E-state index contributed by atoms with van der Waals surface area (Å²) in [5.74, 6) is -0.379. The highest BCUT2D eigenvalue weighted by atomic mass is 32.1. The number of rotatable bonds is 3. The molecular formula is C17H23NO3S.